The molecule has 0 aromatic heterocycles. The predicted molar refractivity (Wildman–Crippen MR) is 89.7 cm³/mol. The van der Waals surface area contributed by atoms with Crippen molar-refractivity contribution >= 4 is 0 Å². The van der Waals surface area contributed by atoms with E-state index in [9.17, 15) is 0 Å². The highest BCUT2D eigenvalue weighted by Gasteiger charge is 2.04. The first-order valence-corrected chi connectivity index (χ1v) is 8.42. The lowest BCUT2D eigenvalue weighted by atomic mass is 9.97. The summed E-state index contributed by atoms with van der Waals surface area (Å²) in [6.07, 6.45) is 10.3. The van der Waals surface area contributed by atoms with Gasteiger partial charge in [0.25, 0.3) is 0 Å². The van der Waals surface area contributed by atoms with Crippen molar-refractivity contribution in [3.63, 3.8) is 0 Å². The molecule has 0 bridgehead atoms. The van der Waals surface area contributed by atoms with Crippen LogP contribution < -0.4 is 10.1 Å². The van der Waals surface area contributed by atoms with Gasteiger partial charge in [-0.15, -0.1) is 0 Å². The molecule has 2 rings (SSSR count). The molecule has 1 aromatic rings. The number of nitrogens with one attached hydrogen (secondary N) is 1. The normalized spacial score (nSPS) is 16.4. The number of hydrogen-bond acceptors (Lipinski definition) is 2. The van der Waals surface area contributed by atoms with Crippen LogP contribution in [-0.4, -0.2) is 12.6 Å². The largest absolute Gasteiger partial charge is 0.491 e. The first-order chi connectivity index (χ1) is 10.3. The SMILES string of the molecule is CCC(C)Oc1cccc(CNCCC2=CCCCC2)c1. The van der Waals surface area contributed by atoms with Gasteiger partial charge in [0.05, 0.1) is 6.10 Å². The smallest absolute Gasteiger partial charge is 0.120 e. The minimum atomic E-state index is 0.284. The molecule has 0 fully saturated rings. The Labute approximate surface area is 129 Å². The van der Waals surface area contributed by atoms with E-state index in [2.05, 4.69) is 43.4 Å². The first-order valence-electron chi connectivity index (χ1n) is 8.42. The third-order valence-corrected chi connectivity index (χ3v) is 4.15. The van der Waals surface area contributed by atoms with Crippen LogP contribution in [0.1, 0.15) is 57.9 Å². The average molecular weight is 287 g/mol. The van der Waals surface area contributed by atoms with E-state index >= 15 is 0 Å². The van der Waals surface area contributed by atoms with Crippen molar-refractivity contribution in [2.75, 3.05) is 6.54 Å². The van der Waals surface area contributed by atoms with E-state index in [1.54, 1.807) is 5.57 Å². The molecule has 2 heteroatoms. The van der Waals surface area contributed by atoms with Gasteiger partial charge in [-0.2, -0.15) is 0 Å². The molecule has 21 heavy (non-hydrogen) atoms. The zero-order valence-electron chi connectivity index (χ0n) is 13.5. The highest BCUT2D eigenvalue weighted by Crippen LogP contribution is 2.19. The van der Waals surface area contributed by atoms with Gasteiger partial charge in [0.2, 0.25) is 0 Å². The van der Waals surface area contributed by atoms with Crippen molar-refractivity contribution in [1.82, 2.24) is 5.32 Å². The predicted octanol–water partition coefficient (Wildman–Crippen LogP) is 4.84. The van der Waals surface area contributed by atoms with E-state index in [0.29, 0.717) is 0 Å². The lowest BCUT2D eigenvalue weighted by Gasteiger charge is -2.14. The number of ether oxygens (including phenoxy) is 1. The van der Waals surface area contributed by atoms with Crippen molar-refractivity contribution in [3.05, 3.63) is 41.5 Å². The second kappa shape index (κ2) is 8.89. The lowest BCUT2D eigenvalue weighted by molar-refractivity contribution is 0.217. The van der Waals surface area contributed by atoms with Crippen LogP contribution in [0.2, 0.25) is 0 Å². The van der Waals surface area contributed by atoms with Crippen molar-refractivity contribution in [2.24, 2.45) is 0 Å². The molecule has 1 atom stereocenters. The number of allylic oxidation sites excluding steroid dienone is 1. The van der Waals surface area contributed by atoms with Gasteiger partial charge in [-0.3, -0.25) is 0 Å². The Morgan fingerprint density at radius 3 is 2.95 bits per heavy atom. The van der Waals surface area contributed by atoms with Crippen LogP contribution in [0.4, 0.5) is 0 Å². The van der Waals surface area contributed by atoms with Gasteiger partial charge in [-0.25, -0.2) is 0 Å². The van der Waals surface area contributed by atoms with Gasteiger partial charge in [0, 0.05) is 6.54 Å². The Morgan fingerprint density at radius 1 is 1.29 bits per heavy atom. The second-order valence-corrected chi connectivity index (χ2v) is 6.02. The summed E-state index contributed by atoms with van der Waals surface area (Å²) >= 11 is 0. The highest BCUT2D eigenvalue weighted by atomic mass is 16.5. The summed E-state index contributed by atoms with van der Waals surface area (Å²) in [4.78, 5) is 0. The van der Waals surface area contributed by atoms with Gasteiger partial charge in [0.15, 0.2) is 0 Å². The lowest BCUT2D eigenvalue weighted by Crippen LogP contribution is -2.16. The molecular weight excluding hydrogens is 258 g/mol. The molecule has 0 amide bonds. The van der Waals surface area contributed by atoms with E-state index in [-0.39, 0.29) is 6.10 Å². The average Bonchev–Trinajstić information content (AvgIpc) is 2.53. The molecule has 0 aliphatic heterocycles. The van der Waals surface area contributed by atoms with Crippen LogP contribution in [0.3, 0.4) is 0 Å². The number of hydrogen-bond donors (Lipinski definition) is 1. The Kier molecular flexibility index (Phi) is 6.81. The summed E-state index contributed by atoms with van der Waals surface area (Å²) in [5.41, 5.74) is 2.94. The van der Waals surface area contributed by atoms with Gasteiger partial charge < -0.3 is 10.1 Å². The zero-order chi connectivity index (χ0) is 14.9. The Balaban J connectivity index is 1.72. The molecule has 0 spiro atoms. The van der Waals surface area contributed by atoms with Crippen molar-refractivity contribution in [1.29, 1.82) is 0 Å². The third kappa shape index (κ3) is 5.92. The topological polar surface area (TPSA) is 21.3 Å². The van der Waals surface area contributed by atoms with Gasteiger partial charge in [0.1, 0.15) is 5.75 Å². The van der Waals surface area contributed by atoms with Crippen LogP contribution in [-0.2, 0) is 6.54 Å². The standard InChI is InChI=1S/C19H29NO/c1-3-16(2)21-19-11-7-10-18(14-19)15-20-13-12-17-8-5-4-6-9-17/h7-8,10-11,14,16,20H,3-6,9,12-13,15H2,1-2H3. The zero-order valence-corrected chi connectivity index (χ0v) is 13.5. The van der Waals surface area contributed by atoms with Crippen LogP contribution in [0.5, 0.6) is 5.75 Å². The van der Waals surface area contributed by atoms with E-state index in [1.807, 2.05) is 6.07 Å². The van der Waals surface area contributed by atoms with Crippen molar-refractivity contribution in [3.8, 4) is 5.75 Å². The number of rotatable bonds is 8. The monoisotopic (exact) mass is 287 g/mol. The van der Waals surface area contributed by atoms with Crippen LogP contribution in [0.15, 0.2) is 35.9 Å². The Morgan fingerprint density at radius 2 is 2.19 bits per heavy atom. The van der Waals surface area contributed by atoms with Crippen LogP contribution in [0.25, 0.3) is 0 Å². The quantitative estimate of drug-likeness (QED) is 0.545. The Bertz CT molecular complexity index is 453. The molecule has 1 unspecified atom stereocenters. The highest BCUT2D eigenvalue weighted by molar-refractivity contribution is 5.28. The molecule has 0 saturated carbocycles. The van der Waals surface area contributed by atoms with E-state index < -0.39 is 0 Å². The molecule has 1 aromatic carbocycles. The summed E-state index contributed by atoms with van der Waals surface area (Å²) in [6, 6.07) is 8.44. The summed E-state index contributed by atoms with van der Waals surface area (Å²) in [5, 5.41) is 3.55. The Hall–Kier alpha value is -1.28. The summed E-state index contributed by atoms with van der Waals surface area (Å²) < 4.78 is 5.87. The molecule has 0 radical (unpaired) electrons. The maximum Gasteiger partial charge on any atom is 0.120 e. The van der Waals surface area contributed by atoms with Gasteiger partial charge >= 0.3 is 0 Å². The molecule has 1 N–H and O–H groups in total. The summed E-state index contributed by atoms with van der Waals surface area (Å²) in [5.74, 6) is 0.985. The fourth-order valence-electron chi connectivity index (χ4n) is 2.66. The molecular formula is C19H29NO. The maximum atomic E-state index is 5.87. The maximum absolute atomic E-state index is 5.87. The van der Waals surface area contributed by atoms with Crippen molar-refractivity contribution in [2.45, 2.75) is 65.0 Å². The van der Waals surface area contributed by atoms with Crippen LogP contribution in [0, 0.1) is 0 Å². The minimum Gasteiger partial charge on any atom is -0.491 e. The second-order valence-electron chi connectivity index (χ2n) is 6.02. The third-order valence-electron chi connectivity index (χ3n) is 4.15. The molecule has 2 nitrogen and oxygen atoms in total. The summed E-state index contributed by atoms with van der Waals surface area (Å²) in [6.45, 7) is 6.26. The minimum absolute atomic E-state index is 0.284. The summed E-state index contributed by atoms with van der Waals surface area (Å²) in [7, 11) is 0. The van der Waals surface area contributed by atoms with Crippen LogP contribution >= 0.6 is 0 Å². The van der Waals surface area contributed by atoms with Gasteiger partial charge in [-0.05, 0) is 69.7 Å². The van der Waals surface area contributed by atoms with E-state index in [4.69, 9.17) is 4.74 Å². The van der Waals surface area contributed by atoms with E-state index in [0.717, 1.165) is 25.3 Å². The van der Waals surface area contributed by atoms with E-state index in [1.165, 1.54) is 37.7 Å². The molecule has 116 valence electrons. The number of benzene rings is 1. The molecule has 0 saturated heterocycles. The van der Waals surface area contributed by atoms with Gasteiger partial charge in [-0.1, -0.05) is 30.7 Å². The molecule has 1 aliphatic rings. The fraction of sp³-hybridized carbons (Fsp3) is 0.579. The molecule has 0 heterocycles. The van der Waals surface area contributed by atoms with Crippen molar-refractivity contribution < 1.29 is 4.74 Å². The first kappa shape index (κ1) is 16.1. The fourth-order valence-corrected chi connectivity index (χ4v) is 2.66. The molecule has 1 aliphatic carbocycles.